The normalized spacial score (nSPS) is 18.9. The Morgan fingerprint density at radius 2 is 2.25 bits per heavy atom. The monoisotopic (exact) mass is 272 g/mol. The maximum absolute atomic E-state index is 12.2. The van der Waals surface area contributed by atoms with Gasteiger partial charge in [0.2, 0.25) is 5.91 Å². The van der Waals surface area contributed by atoms with Crippen LogP contribution in [0.25, 0.3) is 10.9 Å². The third-order valence-corrected chi connectivity index (χ3v) is 4.18. The van der Waals surface area contributed by atoms with Gasteiger partial charge in [-0.15, -0.1) is 0 Å². The number of aliphatic hydroxyl groups excluding tert-OH is 1. The highest BCUT2D eigenvalue weighted by Gasteiger charge is 2.25. The van der Waals surface area contributed by atoms with E-state index in [0.29, 0.717) is 13.0 Å². The molecule has 106 valence electrons. The lowest BCUT2D eigenvalue weighted by molar-refractivity contribution is -0.130. The van der Waals surface area contributed by atoms with Crippen molar-refractivity contribution in [3.63, 3.8) is 0 Å². The van der Waals surface area contributed by atoms with Gasteiger partial charge < -0.3 is 15.0 Å². The number of nitrogens with zero attached hydrogens (tertiary/aromatic N) is 1. The Hall–Kier alpha value is -1.81. The van der Waals surface area contributed by atoms with Crippen molar-refractivity contribution in [2.75, 3.05) is 19.7 Å². The number of rotatable bonds is 4. The molecule has 1 aliphatic heterocycles. The van der Waals surface area contributed by atoms with Crippen LogP contribution in [0.15, 0.2) is 30.5 Å². The zero-order valence-electron chi connectivity index (χ0n) is 11.5. The van der Waals surface area contributed by atoms with Crippen LogP contribution in [0.3, 0.4) is 0 Å². The second kappa shape index (κ2) is 5.67. The fraction of sp³-hybridized carbons (Fsp3) is 0.438. The molecule has 0 saturated carbocycles. The lowest BCUT2D eigenvalue weighted by Gasteiger charge is -2.15. The molecule has 4 heteroatoms. The summed E-state index contributed by atoms with van der Waals surface area (Å²) in [5, 5.41) is 10.3. The molecule has 1 amide bonds. The Bertz CT molecular complexity index is 605. The molecule has 1 atom stereocenters. The number of carbonyl (C=O) groups excluding carboxylic acids is 1. The zero-order chi connectivity index (χ0) is 13.9. The molecular formula is C16H20N2O2. The number of hydrogen-bond acceptors (Lipinski definition) is 2. The average Bonchev–Trinajstić information content (AvgIpc) is 3.11. The van der Waals surface area contributed by atoms with Gasteiger partial charge in [-0.2, -0.15) is 0 Å². The van der Waals surface area contributed by atoms with Crippen LogP contribution < -0.4 is 0 Å². The molecular weight excluding hydrogens is 252 g/mol. The summed E-state index contributed by atoms with van der Waals surface area (Å²) in [5.41, 5.74) is 2.32. The Morgan fingerprint density at radius 3 is 3.05 bits per heavy atom. The van der Waals surface area contributed by atoms with E-state index in [1.807, 2.05) is 29.3 Å². The van der Waals surface area contributed by atoms with Gasteiger partial charge in [0.15, 0.2) is 0 Å². The maximum atomic E-state index is 12.2. The molecule has 0 radical (unpaired) electrons. The molecule has 1 fully saturated rings. The number of amides is 1. The molecule has 1 aromatic heterocycles. The number of para-hydroxylation sites is 1. The summed E-state index contributed by atoms with van der Waals surface area (Å²) >= 11 is 0. The molecule has 2 heterocycles. The van der Waals surface area contributed by atoms with E-state index in [0.717, 1.165) is 24.9 Å². The van der Waals surface area contributed by atoms with E-state index in [1.165, 1.54) is 10.9 Å². The molecule has 20 heavy (non-hydrogen) atoms. The fourth-order valence-electron chi connectivity index (χ4n) is 2.95. The van der Waals surface area contributed by atoms with Crippen LogP contribution >= 0.6 is 0 Å². The second-order valence-corrected chi connectivity index (χ2v) is 5.54. The summed E-state index contributed by atoms with van der Waals surface area (Å²) in [6.07, 6.45) is 4.23. The standard InChI is InChI=1S/C16H20N2O2/c19-11-12-7-8-18(10-12)16(20)6-5-13-9-17-15-4-2-1-3-14(13)15/h1-4,9,12,17,19H,5-8,10-11H2. The number of likely N-dealkylation sites (tertiary alicyclic amines) is 1. The number of aromatic amines is 1. The third kappa shape index (κ3) is 2.56. The SMILES string of the molecule is O=C(CCc1c[nH]c2ccccc12)N1CCC(CO)C1. The molecule has 0 spiro atoms. The summed E-state index contributed by atoms with van der Waals surface area (Å²) in [7, 11) is 0. The maximum Gasteiger partial charge on any atom is 0.222 e. The summed E-state index contributed by atoms with van der Waals surface area (Å²) in [4.78, 5) is 17.3. The lowest BCUT2D eigenvalue weighted by atomic mass is 10.1. The second-order valence-electron chi connectivity index (χ2n) is 5.54. The number of aryl methyl sites for hydroxylation is 1. The molecule has 1 saturated heterocycles. The van der Waals surface area contributed by atoms with Crippen LogP contribution in [0.4, 0.5) is 0 Å². The van der Waals surface area contributed by atoms with Crippen LogP contribution in [0.5, 0.6) is 0 Å². The van der Waals surface area contributed by atoms with Gasteiger partial charge in [-0.05, 0) is 24.5 Å². The van der Waals surface area contributed by atoms with Crippen molar-refractivity contribution in [1.82, 2.24) is 9.88 Å². The Kier molecular flexibility index (Phi) is 3.74. The first-order valence-corrected chi connectivity index (χ1v) is 7.21. The van der Waals surface area contributed by atoms with Crippen molar-refractivity contribution < 1.29 is 9.90 Å². The number of fused-ring (bicyclic) bond motifs is 1. The van der Waals surface area contributed by atoms with Crippen LogP contribution in [0.1, 0.15) is 18.4 Å². The van der Waals surface area contributed by atoms with Crippen molar-refractivity contribution >= 4 is 16.8 Å². The van der Waals surface area contributed by atoms with Crippen LogP contribution in [0, 0.1) is 5.92 Å². The van der Waals surface area contributed by atoms with Crippen molar-refractivity contribution in [3.05, 3.63) is 36.0 Å². The van der Waals surface area contributed by atoms with E-state index in [-0.39, 0.29) is 18.4 Å². The predicted molar refractivity (Wildman–Crippen MR) is 78.4 cm³/mol. The minimum Gasteiger partial charge on any atom is -0.396 e. The largest absolute Gasteiger partial charge is 0.396 e. The topological polar surface area (TPSA) is 56.3 Å². The van der Waals surface area contributed by atoms with Crippen LogP contribution in [-0.2, 0) is 11.2 Å². The zero-order valence-corrected chi connectivity index (χ0v) is 11.5. The fourth-order valence-corrected chi connectivity index (χ4v) is 2.95. The molecule has 2 aromatic rings. The van der Waals surface area contributed by atoms with Gasteiger partial charge in [0.1, 0.15) is 0 Å². The number of hydrogen-bond donors (Lipinski definition) is 2. The van der Waals surface area contributed by atoms with E-state index in [9.17, 15) is 4.79 Å². The van der Waals surface area contributed by atoms with Gasteiger partial charge in [-0.3, -0.25) is 4.79 Å². The summed E-state index contributed by atoms with van der Waals surface area (Å²) in [5.74, 6) is 0.471. The van der Waals surface area contributed by atoms with Crippen molar-refractivity contribution in [2.45, 2.75) is 19.3 Å². The Labute approximate surface area is 118 Å². The van der Waals surface area contributed by atoms with E-state index in [4.69, 9.17) is 5.11 Å². The van der Waals surface area contributed by atoms with E-state index < -0.39 is 0 Å². The number of aromatic nitrogens is 1. The molecule has 1 aromatic carbocycles. The summed E-state index contributed by atoms with van der Waals surface area (Å²) in [6, 6.07) is 8.16. The molecule has 1 unspecified atom stereocenters. The molecule has 2 N–H and O–H groups in total. The molecule has 0 aliphatic carbocycles. The van der Waals surface area contributed by atoms with Crippen molar-refractivity contribution in [2.24, 2.45) is 5.92 Å². The van der Waals surface area contributed by atoms with E-state index in [1.54, 1.807) is 0 Å². The smallest absolute Gasteiger partial charge is 0.222 e. The highest BCUT2D eigenvalue weighted by Crippen LogP contribution is 2.21. The van der Waals surface area contributed by atoms with Crippen molar-refractivity contribution in [3.8, 4) is 0 Å². The van der Waals surface area contributed by atoms with Gasteiger partial charge in [0.25, 0.3) is 0 Å². The minimum absolute atomic E-state index is 0.187. The lowest BCUT2D eigenvalue weighted by Crippen LogP contribution is -2.29. The third-order valence-electron chi connectivity index (χ3n) is 4.18. The summed E-state index contributed by atoms with van der Waals surface area (Å²) < 4.78 is 0. The number of H-pyrrole nitrogens is 1. The summed E-state index contributed by atoms with van der Waals surface area (Å²) in [6.45, 7) is 1.69. The van der Waals surface area contributed by atoms with E-state index >= 15 is 0 Å². The Balaban J connectivity index is 1.61. The van der Waals surface area contributed by atoms with Gasteiger partial charge in [-0.25, -0.2) is 0 Å². The average molecular weight is 272 g/mol. The quantitative estimate of drug-likeness (QED) is 0.893. The number of aliphatic hydroxyl groups is 1. The first-order valence-electron chi connectivity index (χ1n) is 7.21. The molecule has 4 nitrogen and oxygen atoms in total. The molecule has 0 bridgehead atoms. The first-order chi connectivity index (χ1) is 9.78. The number of benzene rings is 1. The van der Waals surface area contributed by atoms with E-state index in [2.05, 4.69) is 11.1 Å². The minimum atomic E-state index is 0.187. The highest BCUT2D eigenvalue weighted by atomic mass is 16.3. The first kappa shape index (κ1) is 13.2. The predicted octanol–water partition coefficient (Wildman–Crippen LogP) is 1.94. The molecule has 3 rings (SSSR count). The van der Waals surface area contributed by atoms with Crippen LogP contribution in [-0.4, -0.2) is 40.6 Å². The van der Waals surface area contributed by atoms with Gasteiger partial charge in [0, 0.05) is 49.1 Å². The Morgan fingerprint density at radius 1 is 1.40 bits per heavy atom. The van der Waals surface area contributed by atoms with Crippen LogP contribution in [0.2, 0.25) is 0 Å². The molecule has 1 aliphatic rings. The van der Waals surface area contributed by atoms with Crippen molar-refractivity contribution in [1.29, 1.82) is 0 Å². The van der Waals surface area contributed by atoms with Gasteiger partial charge >= 0.3 is 0 Å². The van der Waals surface area contributed by atoms with Gasteiger partial charge in [0.05, 0.1) is 0 Å². The number of nitrogens with one attached hydrogen (secondary N) is 1. The number of carbonyl (C=O) groups is 1. The highest BCUT2D eigenvalue weighted by molar-refractivity contribution is 5.84. The van der Waals surface area contributed by atoms with Gasteiger partial charge in [-0.1, -0.05) is 18.2 Å².